The molecule has 1 atom stereocenters. The van der Waals surface area contributed by atoms with Crippen molar-refractivity contribution in [2.24, 2.45) is 7.05 Å². The third-order valence-corrected chi connectivity index (χ3v) is 3.96. The van der Waals surface area contributed by atoms with E-state index in [9.17, 15) is 0 Å². The number of halogens is 3. The highest BCUT2D eigenvalue weighted by Gasteiger charge is 2.15. The van der Waals surface area contributed by atoms with Gasteiger partial charge in [0, 0.05) is 17.1 Å². The molecule has 1 N–H and O–H groups in total. The van der Waals surface area contributed by atoms with Crippen LogP contribution in [0.1, 0.15) is 18.5 Å². The Kier molecular flexibility index (Phi) is 4.12. The molecule has 1 aromatic carbocycles. The fraction of sp³-hybridized carbons (Fsp3) is 0.214. The standard InChI is InChI=1S/C14H12Cl3N5/c1-7(9-4-3-8(15)5-10(9)16)18-13-12-11(6-22(2)21-12)19-14(17)20-13/h3-7H,1-2H3,(H,18,19,20)/t7-/m1/s1. The minimum atomic E-state index is -0.0964. The van der Waals surface area contributed by atoms with E-state index in [4.69, 9.17) is 34.8 Å². The molecule has 5 nitrogen and oxygen atoms in total. The molecule has 3 aromatic rings. The van der Waals surface area contributed by atoms with Crippen LogP contribution in [0, 0.1) is 0 Å². The second-order valence-electron chi connectivity index (χ2n) is 4.91. The summed E-state index contributed by atoms with van der Waals surface area (Å²) in [7, 11) is 1.82. The van der Waals surface area contributed by atoms with Crippen molar-refractivity contribution in [3.63, 3.8) is 0 Å². The van der Waals surface area contributed by atoms with Gasteiger partial charge in [0.25, 0.3) is 0 Å². The van der Waals surface area contributed by atoms with E-state index >= 15 is 0 Å². The van der Waals surface area contributed by atoms with Crippen LogP contribution in [-0.2, 0) is 7.05 Å². The summed E-state index contributed by atoms with van der Waals surface area (Å²) in [5, 5.41) is 8.98. The number of rotatable bonds is 3. The third-order valence-electron chi connectivity index (χ3n) is 3.23. The average Bonchev–Trinajstić information content (AvgIpc) is 2.78. The Bertz CT molecular complexity index is 846. The maximum absolute atomic E-state index is 6.24. The lowest BCUT2D eigenvalue weighted by Gasteiger charge is -2.16. The predicted octanol–water partition coefficient (Wildman–Crippen LogP) is 4.50. The van der Waals surface area contributed by atoms with Crippen LogP contribution in [0.25, 0.3) is 11.0 Å². The second kappa shape index (κ2) is 5.91. The Labute approximate surface area is 142 Å². The third kappa shape index (κ3) is 2.97. The summed E-state index contributed by atoms with van der Waals surface area (Å²) in [6, 6.07) is 5.28. The van der Waals surface area contributed by atoms with E-state index in [1.54, 1.807) is 23.0 Å². The number of nitrogens with one attached hydrogen (secondary N) is 1. The molecular formula is C14H12Cl3N5. The maximum atomic E-state index is 6.24. The molecule has 0 aliphatic heterocycles. The van der Waals surface area contributed by atoms with E-state index in [1.165, 1.54) is 0 Å². The van der Waals surface area contributed by atoms with E-state index in [-0.39, 0.29) is 11.3 Å². The summed E-state index contributed by atoms with van der Waals surface area (Å²) < 4.78 is 1.67. The van der Waals surface area contributed by atoms with Gasteiger partial charge in [0.15, 0.2) is 11.3 Å². The molecule has 0 aliphatic carbocycles. The van der Waals surface area contributed by atoms with Crippen LogP contribution in [0.15, 0.2) is 24.4 Å². The highest BCUT2D eigenvalue weighted by Crippen LogP contribution is 2.30. The van der Waals surface area contributed by atoms with E-state index in [0.29, 0.717) is 26.9 Å². The van der Waals surface area contributed by atoms with Gasteiger partial charge in [0.1, 0.15) is 5.52 Å². The van der Waals surface area contributed by atoms with Crippen LogP contribution >= 0.6 is 34.8 Å². The van der Waals surface area contributed by atoms with Gasteiger partial charge in [0.2, 0.25) is 5.28 Å². The number of hydrogen-bond donors (Lipinski definition) is 1. The van der Waals surface area contributed by atoms with Crippen molar-refractivity contribution in [1.29, 1.82) is 0 Å². The summed E-state index contributed by atoms with van der Waals surface area (Å²) in [4.78, 5) is 8.38. The number of anilines is 1. The smallest absolute Gasteiger partial charge is 0.225 e. The number of nitrogens with zero attached hydrogens (tertiary/aromatic N) is 4. The molecule has 0 amide bonds. The van der Waals surface area contributed by atoms with E-state index < -0.39 is 0 Å². The number of hydrogen-bond acceptors (Lipinski definition) is 4. The van der Waals surface area contributed by atoms with E-state index in [0.717, 1.165) is 5.56 Å². The Hall–Kier alpha value is -1.56. The molecule has 114 valence electrons. The van der Waals surface area contributed by atoms with E-state index in [1.807, 2.05) is 20.0 Å². The van der Waals surface area contributed by atoms with Crippen molar-refractivity contribution in [3.8, 4) is 0 Å². The normalized spacial score (nSPS) is 12.6. The molecule has 0 fully saturated rings. The topological polar surface area (TPSA) is 55.6 Å². The molecule has 2 heterocycles. The molecule has 0 radical (unpaired) electrons. The molecule has 0 unspecified atom stereocenters. The molecule has 0 spiro atoms. The predicted molar refractivity (Wildman–Crippen MR) is 89.8 cm³/mol. The van der Waals surface area contributed by atoms with Gasteiger partial charge in [0.05, 0.1) is 12.2 Å². The van der Waals surface area contributed by atoms with Crippen LogP contribution in [0.4, 0.5) is 5.82 Å². The molecular weight excluding hydrogens is 345 g/mol. The van der Waals surface area contributed by atoms with Crippen molar-refractivity contribution in [1.82, 2.24) is 19.7 Å². The van der Waals surface area contributed by atoms with Crippen LogP contribution < -0.4 is 5.32 Å². The zero-order valence-corrected chi connectivity index (χ0v) is 14.1. The molecule has 0 bridgehead atoms. The van der Waals surface area contributed by atoms with Crippen LogP contribution in [0.5, 0.6) is 0 Å². The van der Waals surface area contributed by atoms with Gasteiger partial charge in [-0.25, -0.2) is 4.98 Å². The van der Waals surface area contributed by atoms with Crippen molar-refractivity contribution in [2.75, 3.05) is 5.32 Å². The summed E-state index contributed by atoms with van der Waals surface area (Å²) in [5.41, 5.74) is 2.24. The summed E-state index contributed by atoms with van der Waals surface area (Å²) in [5.74, 6) is 0.564. The molecule has 0 saturated carbocycles. The molecule has 3 rings (SSSR count). The number of aryl methyl sites for hydroxylation is 1. The minimum absolute atomic E-state index is 0.0964. The van der Waals surface area contributed by atoms with Gasteiger partial charge < -0.3 is 5.32 Å². The largest absolute Gasteiger partial charge is 0.361 e. The lowest BCUT2D eigenvalue weighted by molar-refractivity contribution is 0.778. The molecule has 22 heavy (non-hydrogen) atoms. The van der Waals surface area contributed by atoms with Gasteiger partial charge in [-0.3, -0.25) is 4.68 Å². The first-order chi connectivity index (χ1) is 10.4. The highest BCUT2D eigenvalue weighted by atomic mass is 35.5. The SMILES string of the molecule is C[C@@H](Nc1nc(Cl)nc2cn(C)nc12)c1ccc(Cl)cc1Cl. The molecule has 0 saturated heterocycles. The zero-order valence-electron chi connectivity index (χ0n) is 11.8. The molecule has 0 aliphatic rings. The van der Waals surface area contributed by atoms with Gasteiger partial charge in [-0.2, -0.15) is 10.1 Å². The fourth-order valence-electron chi connectivity index (χ4n) is 2.23. The quantitative estimate of drug-likeness (QED) is 0.702. The van der Waals surface area contributed by atoms with Crippen molar-refractivity contribution >= 4 is 51.7 Å². The maximum Gasteiger partial charge on any atom is 0.225 e. The lowest BCUT2D eigenvalue weighted by atomic mass is 10.1. The van der Waals surface area contributed by atoms with Crippen LogP contribution in [0.3, 0.4) is 0 Å². The Morgan fingerprint density at radius 1 is 1.18 bits per heavy atom. The van der Waals surface area contributed by atoms with Gasteiger partial charge in [-0.15, -0.1) is 0 Å². The highest BCUT2D eigenvalue weighted by molar-refractivity contribution is 6.35. The van der Waals surface area contributed by atoms with E-state index in [2.05, 4.69) is 20.4 Å². The monoisotopic (exact) mass is 355 g/mol. The van der Waals surface area contributed by atoms with Crippen molar-refractivity contribution in [2.45, 2.75) is 13.0 Å². The van der Waals surface area contributed by atoms with Crippen LogP contribution in [-0.4, -0.2) is 19.7 Å². The first kappa shape index (κ1) is 15.3. The average molecular weight is 357 g/mol. The van der Waals surface area contributed by atoms with Gasteiger partial charge in [-0.05, 0) is 36.2 Å². The molecule has 2 aromatic heterocycles. The summed E-state index contributed by atoms with van der Waals surface area (Å²) in [6.45, 7) is 1.97. The Morgan fingerprint density at radius 2 is 1.95 bits per heavy atom. The zero-order chi connectivity index (χ0) is 15.9. The first-order valence-electron chi connectivity index (χ1n) is 6.52. The summed E-state index contributed by atoms with van der Waals surface area (Å²) in [6.07, 6.45) is 1.79. The Morgan fingerprint density at radius 3 is 2.68 bits per heavy atom. The molecule has 8 heteroatoms. The number of benzene rings is 1. The van der Waals surface area contributed by atoms with Crippen molar-refractivity contribution in [3.05, 3.63) is 45.3 Å². The van der Waals surface area contributed by atoms with Crippen LogP contribution in [0.2, 0.25) is 15.3 Å². The number of fused-ring (bicyclic) bond motifs is 1. The van der Waals surface area contributed by atoms with Crippen molar-refractivity contribution < 1.29 is 0 Å². The Balaban J connectivity index is 1.98. The first-order valence-corrected chi connectivity index (χ1v) is 7.66. The lowest BCUT2D eigenvalue weighted by Crippen LogP contribution is -2.09. The minimum Gasteiger partial charge on any atom is -0.361 e. The second-order valence-corrected chi connectivity index (χ2v) is 6.09. The van der Waals surface area contributed by atoms with Gasteiger partial charge in [-0.1, -0.05) is 29.3 Å². The number of aromatic nitrogens is 4. The fourth-order valence-corrected chi connectivity index (χ4v) is 2.98. The summed E-state index contributed by atoms with van der Waals surface area (Å²) >= 11 is 18.1. The van der Waals surface area contributed by atoms with Gasteiger partial charge >= 0.3 is 0 Å².